The maximum absolute atomic E-state index is 13.5. The minimum atomic E-state index is -0.217. The van der Waals surface area contributed by atoms with Crippen LogP contribution in [0.25, 0.3) is 0 Å². The number of alkyl halides is 1. The van der Waals surface area contributed by atoms with Crippen LogP contribution in [-0.2, 0) is 0 Å². The van der Waals surface area contributed by atoms with Crippen molar-refractivity contribution in [1.29, 1.82) is 0 Å². The van der Waals surface area contributed by atoms with E-state index < -0.39 is 0 Å². The highest BCUT2D eigenvalue weighted by Gasteiger charge is 2.16. The molecule has 0 aliphatic rings. The van der Waals surface area contributed by atoms with Crippen LogP contribution >= 0.6 is 15.9 Å². The number of aryl methyl sites for hydroxylation is 2. The van der Waals surface area contributed by atoms with E-state index in [2.05, 4.69) is 22.0 Å². The van der Waals surface area contributed by atoms with E-state index in [0.717, 1.165) is 28.0 Å². The summed E-state index contributed by atoms with van der Waals surface area (Å²) in [6, 6.07) is 11.0. The standard InChI is InChI=1S/C16H16BrFO/c1-10-4-5-15(19-3)14(8-10)16(17)12-6-11(2)7-13(18)9-12/h4-9,16H,1-3H3. The van der Waals surface area contributed by atoms with Crippen molar-refractivity contribution in [2.24, 2.45) is 0 Å². The summed E-state index contributed by atoms with van der Waals surface area (Å²) in [5.41, 5.74) is 3.95. The zero-order valence-electron chi connectivity index (χ0n) is 11.2. The Labute approximate surface area is 121 Å². The number of hydrogen-bond acceptors (Lipinski definition) is 1. The molecule has 0 saturated carbocycles. The molecule has 0 N–H and O–H groups in total. The molecule has 3 heteroatoms. The van der Waals surface area contributed by atoms with Gasteiger partial charge < -0.3 is 4.74 Å². The molecule has 1 atom stereocenters. The normalized spacial score (nSPS) is 12.3. The van der Waals surface area contributed by atoms with Gasteiger partial charge in [-0.1, -0.05) is 39.7 Å². The highest BCUT2D eigenvalue weighted by atomic mass is 79.9. The fourth-order valence-electron chi connectivity index (χ4n) is 2.14. The molecule has 100 valence electrons. The molecule has 19 heavy (non-hydrogen) atoms. The van der Waals surface area contributed by atoms with E-state index >= 15 is 0 Å². The molecule has 1 nitrogen and oxygen atoms in total. The third-order valence-electron chi connectivity index (χ3n) is 3.02. The van der Waals surface area contributed by atoms with Crippen LogP contribution in [0.1, 0.15) is 27.1 Å². The zero-order chi connectivity index (χ0) is 14.0. The summed E-state index contributed by atoms with van der Waals surface area (Å²) in [5.74, 6) is 0.584. The van der Waals surface area contributed by atoms with Crippen LogP contribution in [0.5, 0.6) is 5.75 Å². The molecule has 0 heterocycles. The van der Waals surface area contributed by atoms with Gasteiger partial charge in [-0.25, -0.2) is 4.39 Å². The first-order valence-corrected chi connectivity index (χ1v) is 6.98. The number of halogens is 2. The minimum Gasteiger partial charge on any atom is -0.496 e. The summed E-state index contributed by atoms with van der Waals surface area (Å²) >= 11 is 3.64. The average Bonchev–Trinajstić information content (AvgIpc) is 2.36. The van der Waals surface area contributed by atoms with Crippen LogP contribution in [0, 0.1) is 19.7 Å². The topological polar surface area (TPSA) is 9.23 Å². The van der Waals surface area contributed by atoms with Gasteiger partial charge in [0.2, 0.25) is 0 Å². The van der Waals surface area contributed by atoms with Crippen molar-refractivity contribution in [1.82, 2.24) is 0 Å². The van der Waals surface area contributed by atoms with Gasteiger partial charge in [0.25, 0.3) is 0 Å². The van der Waals surface area contributed by atoms with Crippen LogP contribution in [0.2, 0.25) is 0 Å². The first kappa shape index (κ1) is 14.1. The molecule has 0 amide bonds. The molecule has 0 aromatic heterocycles. The SMILES string of the molecule is COc1ccc(C)cc1C(Br)c1cc(C)cc(F)c1. The molecule has 2 rings (SSSR count). The van der Waals surface area contributed by atoms with Crippen LogP contribution in [0.15, 0.2) is 36.4 Å². The van der Waals surface area contributed by atoms with Crippen molar-refractivity contribution in [2.75, 3.05) is 7.11 Å². The van der Waals surface area contributed by atoms with Crippen molar-refractivity contribution >= 4 is 15.9 Å². The van der Waals surface area contributed by atoms with E-state index in [4.69, 9.17) is 4.74 Å². The van der Waals surface area contributed by atoms with Gasteiger partial charge in [0.1, 0.15) is 11.6 Å². The fourth-order valence-corrected chi connectivity index (χ4v) is 2.76. The largest absolute Gasteiger partial charge is 0.496 e. The maximum atomic E-state index is 13.5. The second-order valence-electron chi connectivity index (χ2n) is 4.67. The predicted octanol–water partition coefficient (Wildman–Crippen LogP) is 4.94. The van der Waals surface area contributed by atoms with E-state index in [-0.39, 0.29) is 10.6 Å². The van der Waals surface area contributed by atoms with E-state index in [0.29, 0.717) is 0 Å². The molecule has 0 aliphatic heterocycles. The third kappa shape index (κ3) is 3.16. The fraction of sp³-hybridized carbons (Fsp3) is 0.250. The van der Waals surface area contributed by atoms with Gasteiger partial charge in [0.15, 0.2) is 0 Å². The number of hydrogen-bond donors (Lipinski definition) is 0. The van der Waals surface area contributed by atoms with Crippen molar-refractivity contribution in [3.63, 3.8) is 0 Å². The molecule has 0 spiro atoms. The van der Waals surface area contributed by atoms with E-state index in [1.165, 1.54) is 6.07 Å². The molecule has 2 aromatic carbocycles. The Morgan fingerprint density at radius 2 is 1.79 bits per heavy atom. The van der Waals surface area contributed by atoms with Crippen molar-refractivity contribution in [3.8, 4) is 5.75 Å². The molecule has 1 unspecified atom stereocenters. The smallest absolute Gasteiger partial charge is 0.123 e. The number of methoxy groups -OCH3 is 1. The molecular weight excluding hydrogens is 307 g/mol. The molecule has 2 aromatic rings. The minimum absolute atomic E-state index is 0.0863. The Morgan fingerprint density at radius 3 is 2.42 bits per heavy atom. The van der Waals surface area contributed by atoms with E-state index in [9.17, 15) is 4.39 Å². The molecule has 0 radical (unpaired) electrons. The third-order valence-corrected chi connectivity index (χ3v) is 4.04. The number of ether oxygens (including phenoxy) is 1. The molecule has 0 aliphatic carbocycles. The van der Waals surface area contributed by atoms with Crippen LogP contribution in [-0.4, -0.2) is 7.11 Å². The monoisotopic (exact) mass is 322 g/mol. The first-order chi connectivity index (χ1) is 9.01. The quantitative estimate of drug-likeness (QED) is 0.727. The van der Waals surface area contributed by atoms with Gasteiger partial charge in [0.05, 0.1) is 11.9 Å². The van der Waals surface area contributed by atoms with Gasteiger partial charge in [-0.15, -0.1) is 0 Å². The summed E-state index contributed by atoms with van der Waals surface area (Å²) in [6.45, 7) is 3.92. The molecule has 0 saturated heterocycles. The van der Waals surface area contributed by atoms with Crippen LogP contribution < -0.4 is 4.74 Å². The highest BCUT2D eigenvalue weighted by Crippen LogP contribution is 2.37. The average molecular weight is 323 g/mol. The maximum Gasteiger partial charge on any atom is 0.123 e. The summed E-state index contributed by atoms with van der Waals surface area (Å²) in [7, 11) is 1.64. The Morgan fingerprint density at radius 1 is 1.05 bits per heavy atom. The Hall–Kier alpha value is -1.35. The van der Waals surface area contributed by atoms with E-state index in [1.807, 2.05) is 32.0 Å². The van der Waals surface area contributed by atoms with Gasteiger partial charge in [-0.05, 0) is 43.2 Å². The summed E-state index contributed by atoms with van der Waals surface area (Å²) in [5, 5.41) is 0. The van der Waals surface area contributed by atoms with Gasteiger partial charge in [-0.2, -0.15) is 0 Å². The predicted molar refractivity (Wildman–Crippen MR) is 79.6 cm³/mol. The molecule has 0 bridgehead atoms. The summed E-state index contributed by atoms with van der Waals surface area (Å²) in [6.07, 6.45) is 0. The summed E-state index contributed by atoms with van der Waals surface area (Å²) in [4.78, 5) is -0.0863. The Balaban J connectivity index is 2.48. The highest BCUT2D eigenvalue weighted by molar-refractivity contribution is 9.09. The lowest BCUT2D eigenvalue weighted by atomic mass is 10.0. The lowest BCUT2D eigenvalue weighted by molar-refractivity contribution is 0.410. The Bertz CT molecular complexity index is 575. The second kappa shape index (κ2) is 5.74. The van der Waals surface area contributed by atoms with E-state index in [1.54, 1.807) is 13.2 Å². The number of benzene rings is 2. The van der Waals surface area contributed by atoms with Gasteiger partial charge >= 0.3 is 0 Å². The molecule has 0 fully saturated rings. The zero-order valence-corrected chi connectivity index (χ0v) is 12.8. The van der Waals surface area contributed by atoms with Crippen LogP contribution in [0.4, 0.5) is 4.39 Å². The van der Waals surface area contributed by atoms with Crippen LogP contribution in [0.3, 0.4) is 0 Å². The Kier molecular flexibility index (Phi) is 4.25. The van der Waals surface area contributed by atoms with Crippen molar-refractivity contribution < 1.29 is 9.13 Å². The van der Waals surface area contributed by atoms with Gasteiger partial charge in [0, 0.05) is 5.56 Å². The lowest BCUT2D eigenvalue weighted by Crippen LogP contribution is -1.99. The van der Waals surface area contributed by atoms with Gasteiger partial charge in [-0.3, -0.25) is 0 Å². The summed E-state index contributed by atoms with van der Waals surface area (Å²) < 4.78 is 18.9. The molecular formula is C16H16BrFO. The van der Waals surface area contributed by atoms with Crippen molar-refractivity contribution in [2.45, 2.75) is 18.7 Å². The second-order valence-corrected chi connectivity index (χ2v) is 5.59. The number of rotatable bonds is 3. The first-order valence-electron chi connectivity index (χ1n) is 6.07. The van der Waals surface area contributed by atoms with Crippen molar-refractivity contribution in [3.05, 3.63) is 64.5 Å². The lowest BCUT2D eigenvalue weighted by Gasteiger charge is -2.16.